The van der Waals surface area contributed by atoms with E-state index in [9.17, 15) is 106 Å². The maximum absolute atomic E-state index is 13.3. The lowest BCUT2D eigenvalue weighted by Gasteiger charge is -2.35. The van der Waals surface area contributed by atoms with E-state index in [1.54, 1.807) is 0 Å². The van der Waals surface area contributed by atoms with Crippen molar-refractivity contribution in [3.63, 3.8) is 0 Å². The summed E-state index contributed by atoms with van der Waals surface area (Å²) in [5.41, 5.74) is -15.9. The van der Waals surface area contributed by atoms with E-state index in [1.807, 2.05) is 0 Å². The minimum Gasteiger partial charge on any atom is -0.285 e. The van der Waals surface area contributed by atoms with Crippen LogP contribution in [-0.4, -0.2) is 72.0 Å². The Morgan fingerprint density at radius 2 is 0.500 bits per heavy atom. The minimum absolute atomic E-state index is 1.22. The highest BCUT2D eigenvalue weighted by Crippen LogP contribution is 2.53. The molecule has 0 aliphatic carbocycles. The van der Waals surface area contributed by atoms with Gasteiger partial charge in [-0.1, -0.05) is 0 Å². The number of hydrogen-bond donors (Lipinski definition) is 0. The lowest BCUT2D eigenvalue weighted by molar-refractivity contribution is -0.502. The van der Waals surface area contributed by atoms with Crippen LogP contribution in [0.2, 0.25) is 0 Å². The third kappa shape index (κ3) is 5.83. The third-order valence-corrected chi connectivity index (χ3v) is 3.57. The molecule has 0 N–H and O–H groups in total. The Balaban J connectivity index is 6.52. The summed E-state index contributed by atoms with van der Waals surface area (Å²) in [6.07, 6.45) is -63.1. The van der Waals surface area contributed by atoms with Crippen molar-refractivity contribution in [2.24, 2.45) is 0 Å². The van der Waals surface area contributed by atoms with Gasteiger partial charge in [0.15, 0.2) is 0 Å². The molecule has 0 amide bonds. The maximum Gasteiger partial charge on any atom is 0.453 e. The van der Waals surface area contributed by atoms with Crippen molar-refractivity contribution in [1.29, 1.82) is 0 Å². The fourth-order valence-electron chi connectivity index (χ4n) is 1.77. The van der Waals surface area contributed by atoms with Crippen molar-refractivity contribution in [1.82, 2.24) is 0 Å². The van der Waals surface area contributed by atoms with E-state index in [1.165, 1.54) is 9.47 Å². The Bertz CT molecular complexity index is 801. The fraction of sp³-hybridized carbons (Fsp3) is 0.833. The molecule has 0 saturated heterocycles. The monoisotopic (exact) mass is 626 g/mol. The Morgan fingerprint density at radius 1 is 0.342 bits per heavy atom. The number of halogens is 22. The summed E-state index contributed by atoms with van der Waals surface area (Å²) in [5, 5.41) is 0. The first kappa shape index (κ1) is 35.7. The smallest absolute Gasteiger partial charge is 0.285 e. The average Bonchev–Trinajstić information content (AvgIpc) is 2.59. The standard InChI is InChI=1S/C12F22O4/c13-3(7(19,20)21,8(22,23)24)1(35)5(15,16)37-11(31,32)12(33,34)38-6(17,18)2(36)4(14,9(25,26)27)10(28,29)30. The van der Waals surface area contributed by atoms with Gasteiger partial charge in [0.2, 0.25) is 0 Å². The zero-order valence-electron chi connectivity index (χ0n) is 15.9. The number of hydrogen-bond acceptors (Lipinski definition) is 4. The van der Waals surface area contributed by atoms with Crippen molar-refractivity contribution in [2.45, 2.75) is 60.5 Å². The number of carbonyl (C=O) groups excluding carboxylic acids is 2. The number of rotatable bonds is 9. The van der Waals surface area contributed by atoms with Crippen molar-refractivity contribution >= 4 is 11.6 Å². The van der Waals surface area contributed by atoms with Gasteiger partial charge in [-0.2, -0.15) is 87.8 Å². The minimum atomic E-state index is -8.04. The van der Waals surface area contributed by atoms with Gasteiger partial charge in [-0.05, 0) is 0 Å². The van der Waals surface area contributed by atoms with E-state index in [4.69, 9.17) is 0 Å². The SMILES string of the molecule is O=C(C(F)(F)OC(F)(F)C(F)(F)OC(F)(F)C(=O)C(F)(C(F)(F)F)C(F)(F)F)C(F)(C(F)(F)F)C(F)(F)F. The first-order valence-corrected chi connectivity index (χ1v) is 7.63. The molecular weight excluding hydrogens is 626 g/mol. The van der Waals surface area contributed by atoms with E-state index >= 15 is 0 Å². The second-order valence-corrected chi connectivity index (χ2v) is 6.24. The van der Waals surface area contributed by atoms with Gasteiger partial charge in [0, 0.05) is 0 Å². The van der Waals surface area contributed by atoms with Crippen LogP contribution in [0.3, 0.4) is 0 Å². The Morgan fingerprint density at radius 3 is 0.632 bits per heavy atom. The highest BCUT2D eigenvalue weighted by atomic mass is 19.4. The molecule has 26 heteroatoms. The topological polar surface area (TPSA) is 52.6 Å². The molecule has 0 aromatic rings. The third-order valence-electron chi connectivity index (χ3n) is 3.57. The number of Topliss-reactive ketones (excluding diaryl/α,β-unsaturated/α-hetero) is 2. The van der Waals surface area contributed by atoms with Crippen LogP contribution in [0.15, 0.2) is 0 Å². The number of alkyl halides is 22. The number of ketones is 2. The van der Waals surface area contributed by atoms with Crippen LogP contribution in [0.25, 0.3) is 0 Å². The van der Waals surface area contributed by atoms with Crippen molar-refractivity contribution < 1.29 is 116 Å². The number of ether oxygens (including phenoxy) is 2. The Hall–Kier alpha value is -2.28. The van der Waals surface area contributed by atoms with Gasteiger partial charge < -0.3 is 0 Å². The van der Waals surface area contributed by atoms with Crippen LogP contribution in [0, 0.1) is 0 Å². The van der Waals surface area contributed by atoms with Gasteiger partial charge in [-0.3, -0.25) is 9.59 Å². The van der Waals surface area contributed by atoms with Crippen LogP contribution in [0.5, 0.6) is 0 Å². The quantitative estimate of drug-likeness (QED) is 0.287. The van der Waals surface area contributed by atoms with Crippen molar-refractivity contribution in [2.75, 3.05) is 0 Å². The molecule has 0 aromatic carbocycles. The van der Waals surface area contributed by atoms with Gasteiger partial charge in [0.25, 0.3) is 11.6 Å². The molecule has 0 unspecified atom stereocenters. The molecule has 0 aliphatic rings. The summed E-state index contributed by atoms with van der Waals surface area (Å²) in [6.45, 7) is 0. The lowest BCUT2D eigenvalue weighted by atomic mass is 9.98. The molecule has 0 rings (SSSR count). The Kier molecular flexibility index (Phi) is 8.59. The highest BCUT2D eigenvalue weighted by Gasteiger charge is 2.85. The molecule has 226 valence electrons. The second-order valence-electron chi connectivity index (χ2n) is 6.24. The summed E-state index contributed by atoms with van der Waals surface area (Å²) >= 11 is 0. The van der Waals surface area contributed by atoms with E-state index < -0.39 is 72.0 Å². The van der Waals surface area contributed by atoms with Crippen LogP contribution < -0.4 is 0 Å². The predicted molar refractivity (Wildman–Crippen MR) is 63.9 cm³/mol. The van der Waals surface area contributed by atoms with Gasteiger partial charge in [-0.25, -0.2) is 18.3 Å². The summed E-state index contributed by atoms with van der Waals surface area (Å²) in [7, 11) is 0. The molecule has 0 saturated carbocycles. The van der Waals surface area contributed by atoms with Gasteiger partial charge in [0.1, 0.15) is 0 Å². The van der Waals surface area contributed by atoms with Gasteiger partial charge >= 0.3 is 60.5 Å². The van der Waals surface area contributed by atoms with E-state index in [0.717, 1.165) is 0 Å². The first-order valence-electron chi connectivity index (χ1n) is 7.63. The van der Waals surface area contributed by atoms with Crippen molar-refractivity contribution in [3.8, 4) is 0 Å². The summed E-state index contributed by atoms with van der Waals surface area (Å²) in [5.74, 6) is -11.1. The molecule has 0 atom stereocenters. The highest BCUT2D eigenvalue weighted by molar-refractivity contribution is 5.94. The van der Waals surface area contributed by atoms with Crippen LogP contribution in [0.1, 0.15) is 0 Å². The molecule has 4 nitrogen and oxygen atoms in total. The van der Waals surface area contributed by atoms with Crippen LogP contribution in [-0.2, 0) is 19.1 Å². The molecule has 0 fully saturated rings. The average molecular weight is 626 g/mol. The molecule has 0 spiro atoms. The summed E-state index contributed by atoms with van der Waals surface area (Å²) in [6, 6.07) is 0. The van der Waals surface area contributed by atoms with Crippen LogP contribution in [0.4, 0.5) is 96.6 Å². The summed E-state index contributed by atoms with van der Waals surface area (Å²) < 4.78 is 281. The second kappa shape index (κ2) is 9.14. The molecule has 38 heavy (non-hydrogen) atoms. The maximum atomic E-state index is 13.3. The molecular formula is C12F22O4. The fourth-order valence-corrected chi connectivity index (χ4v) is 1.77. The molecule has 0 heterocycles. The molecule has 0 aliphatic heterocycles. The van der Waals surface area contributed by atoms with Crippen molar-refractivity contribution in [3.05, 3.63) is 0 Å². The van der Waals surface area contributed by atoms with E-state index in [2.05, 4.69) is 0 Å². The normalized spacial score (nSPS) is 16.1. The lowest BCUT2D eigenvalue weighted by Crippen LogP contribution is -2.66. The zero-order valence-corrected chi connectivity index (χ0v) is 15.9. The summed E-state index contributed by atoms with van der Waals surface area (Å²) in [4.78, 5) is 21.4. The predicted octanol–water partition coefficient (Wildman–Crippen LogP) is 6.19. The van der Waals surface area contributed by atoms with Crippen LogP contribution >= 0.6 is 0 Å². The van der Waals surface area contributed by atoms with Gasteiger partial charge in [0.05, 0.1) is 0 Å². The molecule has 0 aromatic heterocycles. The Labute approximate surface area is 189 Å². The molecule has 0 bridgehead atoms. The largest absolute Gasteiger partial charge is 0.453 e. The molecule has 0 radical (unpaired) electrons. The number of carbonyl (C=O) groups is 2. The first-order chi connectivity index (χ1) is 16.0. The van der Waals surface area contributed by atoms with E-state index in [-0.39, 0.29) is 0 Å². The van der Waals surface area contributed by atoms with Gasteiger partial charge in [-0.15, -0.1) is 0 Å². The zero-order chi connectivity index (χ0) is 31.6. The van der Waals surface area contributed by atoms with E-state index in [0.29, 0.717) is 0 Å².